The lowest BCUT2D eigenvalue weighted by Gasteiger charge is -2.35. The summed E-state index contributed by atoms with van der Waals surface area (Å²) in [7, 11) is 0. The van der Waals surface area contributed by atoms with E-state index in [0.717, 1.165) is 46.7 Å². The highest BCUT2D eigenvalue weighted by Gasteiger charge is 2.33. The molecule has 1 saturated heterocycles. The third-order valence-corrected chi connectivity index (χ3v) is 5.18. The Morgan fingerprint density at radius 3 is 2.81 bits per heavy atom. The van der Waals surface area contributed by atoms with Gasteiger partial charge in [-0.15, -0.1) is 11.3 Å². The van der Waals surface area contributed by atoms with Crippen molar-refractivity contribution >= 4 is 28.2 Å². The van der Waals surface area contributed by atoms with Crippen LogP contribution in [0.3, 0.4) is 0 Å². The van der Waals surface area contributed by atoms with Crippen LogP contribution in [0, 0.1) is 13.8 Å². The second-order valence-corrected chi connectivity index (χ2v) is 8.70. The first-order valence-electron chi connectivity index (χ1n) is 8.85. The lowest BCUT2D eigenvalue weighted by atomic mass is 9.94. The van der Waals surface area contributed by atoms with Gasteiger partial charge in [-0.1, -0.05) is 0 Å². The van der Waals surface area contributed by atoms with Crippen LogP contribution in [0.25, 0.3) is 0 Å². The number of carbonyl (C=O) groups excluding carboxylic acids is 1. The second kappa shape index (κ2) is 7.28. The first-order valence-corrected chi connectivity index (χ1v) is 9.67. The molecule has 0 aliphatic carbocycles. The third-order valence-electron chi connectivity index (χ3n) is 4.35. The van der Waals surface area contributed by atoms with Gasteiger partial charge in [0, 0.05) is 41.8 Å². The minimum absolute atomic E-state index is 0.0218. The van der Waals surface area contributed by atoms with Crippen molar-refractivity contribution in [3.8, 4) is 0 Å². The van der Waals surface area contributed by atoms with E-state index in [1.54, 1.807) is 25.2 Å². The van der Waals surface area contributed by atoms with E-state index in [9.17, 15) is 4.79 Å². The molecular weight excluding hydrogens is 348 g/mol. The van der Waals surface area contributed by atoms with Gasteiger partial charge >= 0.3 is 0 Å². The number of nitrogens with two attached hydrogens (primary N) is 1. The third kappa shape index (κ3) is 4.37. The molecule has 1 atom stereocenters. The van der Waals surface area contributed by atoms with Crippen molar-refractivity contribution in [3.63, 3.8) is 0 Å². The van der Waals surface area contributed by atoms with Crippen LogP contribution >= 0.6 is 11.3 Å². The Kier molecular flexibility index (Phi) is 5.24. The van der Waals surface area contributed by atoms with E-state index in [2.05, 4.69) is 15.3 Å². The molecule has 0 radical (unpaired) electrons. The van der Waals surface area contributed by atoms with Crippen molar-refractivity contribution in [2.45, 2.75) is 52.0 Å². The summed E-state index contributed by atoms with van der Waals surface area (Å²) < 4.78 is 0. The number of hydrogen-bond acceptors (Lipinski definition) is 7. The summed E-state index contributed by atoms with van der Waals surface area (Å²) >= 11 is 1.59. The number of nitrogens with zero attached hydrogens (tertiary/aromatic N) is 4. The molecule has 1 aliphatic rings. The SMILES string of the molecule is Cc1cc(Nc2ncc(C)s2)nc(C2CCCN(C(=O)C(C)(C)N)C2)n1. The van der Waals surface area contributed by atoms with Crippen molar-refractivity contribution in [3.05, 3.63) is 28.7 Å². The summed E-state index contributed by atoms with van der Waals surface area (Å²) in [4.78, 5) is 29.1. The second-order valence-electron chi connectivity index (χ2n) is 7.47. The van der Waals surface area contributed by atoms with E-state index in [1.165, 1.54) is 0 Å². The number of hydrogen-bond donors (Lipinski definition) is 2. The van der Waals surface area contributed by atoms with Gasteiger partial charge in [-0.2, -0.15) is 0 Å². The van der Waals surface area contributed by atoms with Crippen LogP contribution < -0.4 is 11.1 Å². The van der Waals surface area contributed by atoms with Crippen LogP contribution in [0.1, 0.15) is 49.0 Å². The molecule has 3 rings (SSSR count). The van der Waals surface area contributed by atoms with Crippen molar-refractivity contribution in [1.29, 1.82) is 0 Å². The fraction of sp³-hybridized carbons (Fsp3) is 0.556. The Labute approximate surface area is 158 Å². The quantitative estimate of drug-likeness (QED) is 0.854. The number of aromatic nitrogens is 3. The molecule has 0 saturated carbocycles. The molecule has 3 N–H and O–H groups in total. The molecule has 3 heterocycles. The van der Waals surface area contributed by atoms with Gasteiger partial charge in [0.05, 0.1) is 5.54 Å². The molecule has 7 nitrogen and oxygen atoms in total. The van der Waals surface area contributed by atoms with Crippen LogP contribution in [-0.2, 0) is 4.79 Å². The molecule has 0 aromatic carbocycles. The van der Waals surface area contributed by atoms with Crippen LogP contribution in [0.15, 0.2) is 12.3 Å². The lowest BCUT2D eigenvalue weighted by Crippen LogP contribution is -2.53. The summed E-state index contributed by atoms with van der Waals surface area (Å²) in [6, 6.07) is 1.91. The zero-order valence-corrected chi connectivity index (χ0v) is 16.6. The highest BCUT2D eigenvalue weighted by atomic mass is 32.1. The monoisotopic (exact) mass is 374 g/mol. The number of amides is 1. The summed E-state index contributed by atoms with van der Waals surface area (Å²) in [5, 5.41) is 4.08. The Bertz CT molecular complexity index is 797. The van der Waals surface area contributed by atoms with Gasteiger partial charge in [0.2, 0.25) is 5.91 Å². The molecule has 1 unspecified atom stereocenters. The van der Waals surface area contributed by atoms with E-state index in [0.29, 0.717) is 6.54 Å². The summed E-state index contributed by atoms with van der Waals surface area (Å²) in [6.45, 7) is 8.83. The maximum absolute atomic E-state index is 12.5. The zero-order chi connectivity index (χ0) is 18.9. The van der Waals surface area contributed by atoms with Crippen molar-refractivity contribution in [2.24, 2.45) is 5.73 Å². The Morgan fingerprint density at radius 2 is 2.15 bits per heavy atom. The largest absolute Gasteiger partial charge is 0.340 e. The van der Waals surface area contributed by atoms with Crippen LogP contribution in [0.5, 0.6) is 0 Å². The van der Waals surface area contributed by atoms with Crippen molar-refractivity contribution in [1.82, 2.24) is 19.9 Å². The fourth-order valence-corrected chi connectivity index (χ4v) is 3.81. The van der Waals surface area contributed by atoms with Crippen LogP contribution in [0.4, 0.5) is 10.9 Å². The highest BCUT2D eigenvalue weighted by molar-refractivity contribution is 7.15. The number of piperidine rings is 1. The summed E-state index contributed by atoms with van der Waals surface area (Å²) in [6.07, 6.45) is 3.73. The number of aryl methyl sites for hydroxylation is 2. The number of thiazole rings is 1. The first-order chi connectivity index (χ1) is 12.2. The Morgan fingerprint density at radius 1 is 1.38 bits per heavy atom. The maximum Gasteiger partial charge on any atom is 0.242 e. The number of anilines is 2. The van der Waals surface area contributed by atoms with Gasteiger partial charge in [-0.05, 0) is 40.5 Å². The summed E-state index contributed by atoms with van der Waals surface area (Å²) in [5.74, 6) is 1.61. The maximum atomic E-state index is 12.5. The normalized spacial score (nSPS) is 18.0. The van der Waals surface area contributed by atoms with Gasteiger partial charge in [0.25, 0.3) is 0 Å². The molecule has 0 bridgehead atoms. The predicted molar refractivity (Wildman–Crippen MR) is 104 cm³/mol. The average Bonchev–Trinajstić information content (AvgIpc) is 2.97. The van der Waals surface area contributed by atoms with Gasteiger partial charge in [0.15, 0.2) is 5.13 Å². The molecule has 1 fully saturated rings. The minimum atomic E-state index is -0.856. The van der Waals surface area contributed by atoms with E-state index in [1.807, 2.05) is 31.0 Å². The molecule has 1 aliphatic heterocycles. The number of likely N-dealkylation sites (tertiary alicyclic amines) is 1. The van der Waals surface area contributed by atoms with Gasteiger partial charge < -0.3 is 16.0 Å². The molecule has 1 amide bonds. The van der Waals surface area contributed by atoms with E-state index in [-0.39, 0.29) is 11.8 Å². The number of nitrogens with one attached hydrogen (secondary N) is 1. The topological polar surface area (TPSA) is 97.0 Å². The number of rotatable bonds is 4. The summed E-state index contributed by atoms with van der Waals surface area (Å²) in [5.41, 5.74) is 6.03. The minimum Gasteiger partial charge on any atom is -0.340 e. The highest BCUT2D eigenvalue weighted by Crippen LogP contribution is 2.28. The van der Waals surface area contributed by atoms with E-state index < -0.39 is 5.54 Å². The Balaban J connectivity index is 1.78. The van der Waals surface area contributed by atoms with E-state index >= 15 is 0 Å². The van der Waals surface area contributed by atoms with Gasteiger partial charge in [-0.25, -0.2) is 15.0 Å². The molecular formula is C18H26N6OS. The van der Waals surface area contributed by atoms with Crippen molar-refractivity contribution < 1.29 is 4.79 Å². The van der Waals surface area contributed by atoms with Crippen LogP contribution in [-0.4, -0.2) is 44.4 Å². The number of carbonyl (C=O) groups is 1. The average molecular weight is 375 g/mol. The molecule has 2 aromatic heterocycles. The molecule has 26 heavy (non-hydrogen) atoms. The first kappa shape index (κ1) is 18.7. The van der Waals surface area contributed by atoms with Crippen molar-refractivity contribution in [2.75, 3.05) is 18.4 Å². The smallest absolute Gasteiger partial charge is 0.242 e. The molecule has 0 spiro atoms. The predicted octanol–water partition coefficient (Wildman–Crippen LogP) is 2.74. The van der Waals surface area contributed by atoms with E-state index in [4.69, 9.17) is 10.7 Å². The zero-order valence-electron chi connectivity index (χ0n) is 15.7. The molecule has 2 aromatic rings. The Hall–Kier alpha value is -2.06. The van der Waals surface area contributed by atoms with Gasteiger partial charge in [-0.3, -0.25) is 4.79 Å². The van der Waals surface area contributed by atoms with Gasteiger partial charge in [0.1, 0.15) is 11.6 Å². The lowest BCUT2D eigenvalue weighted by molar-refractivity contribution is -0.137. The molecule has 140 valence electrons. The van der Waals surface area contributed by atoms with Crippen LogP contribution in [0.2, 0.25) is 0 Å². The fourth-order valence-electron chi connectivity index (χ4n) is 3.14. The molecule has 8 heteroatoms. The standard InChI is InChI=1S/C18H26N6OS/c1-11-8-14(23-17-20-9-12(2)26-17)22-15(21-11)13-6-5-7-24(10-13)16(25)18(3,4)19/h8-9,13H,5-7,10,19H2,1-4H3,(H,20,21,22,23).